The summed E-state index contributed by atoms with van der Waals surface area (Å²) in [6.45, 7) is 4.78. The van der Waals surface area contributed by atoms with Crippen molar-refractivity contribution >= 4 is 5.83 Å². The van der Waals surface area contributed by atoms with Gasteiger partial charge in [0.1, 0.15) is 0 Å². The highest BCUT2D eigenvalue weighted by atomic mass is 19.1. The smallest absolute Gasteiger partial charge is 0.195 e. The van der Waals surface area contributed by atoms with Crippen molar-refractivity contribution in [1.82, 2.24) is 10.1 Å². The van der Waals surface area contributed by atoms with E-state index in [2.05, 4.69) is 10.1 Å². The Hall–Kier alpha value is -1.16. The van der Waals surface area contributed by atoms with E-state index < -0.39 is 0 Å². The molecule has 0 saturated carbocycles. The second-order valence-electron chi connectivity index (χ2n) is 4.72. The van der Waals surface area contributed by atoms with Gasteiger partial charge >= 0.3 is 0 Å². The van der Waals surface area contributed by atoms with Crippen LogP contribution in [-0.4, -0.2) is 29.7 Å². The van der Waals surface area contributed by atoms with Gasteiger partial charge in [-0.15, -0.1) is 0 Å². The SMILES string of the molecule is Cc1cc(/C(F)=C2/CN3CCC2CC3)on1. The summed E-state index contributed by atoms with van der Waals surface area (Å²) < 4.78 is 19.2. The van der Waals surface area contributed by atoms with E-state index in [0.717, 1.165) is 43.7 Å². The van der Waals surface area contributed by atoms with Crippen molar-refractivity contribution in [1.29, 1.82) is 0 Å². The quantitative estimate of drug-likeness (QED) is 0.730. The van der Waals surface area contributed by atoms with Gasteiger partial charge in [-0.05, 0) is 44.3 Å². The average molecular weight is 222 g/mol. The van der Waals surface area contributed by atoms with E-state index >= 15 is 0 Å². The average Bonchev–Trinajstić information content (AvgIpc) is 2.76. The maximum atomic E-state index is 14.2. The molecule has 0 aromatic carbocycles. The van der Waals surface area contributed by atoms with Gasteiger partial charge in [-0.3, -0.25) is 4.90 Å². The van der Waals surface area contributed by atoms with E-state index in [1.54, 1.807) is 6.07 Å². The topological polar surface area (TPSA) is 29.3 Å². The second-order valence-corrected chi connectivity index (χ2v) is 4.72. The summed E-state index contributed by atoms with van der Waals surface area (Å²) in [7, 11) is 0. The van der Waals surface area contributed by atoms with Crippen molar-refractivity contribution in [3.05, 3.63) is 23.1 Å². The Morgan fingerprint density at radius 3 is 2.75 bits per heavy atom. The molecule has 4 heteroatoms. The summed E-state index contributed by atoms with van der Waals surface area (Å²) in [5, 5.41) is 3.73. The fraction of sp³-hybridized carbons (Fsp3) is 0.583. The normalized spacial score (nSPS) is 31.9. The van der Waals surface area contributed by atoms with E-state index in [0.29, 0.717) is 11.7 Å². The molecule has 0 radical (unpaired) electrons. The summed E-state index contributed by atoms with van der Waals surface area (Å²) in [6.07, 6.45) is 2.16. The third-order valence-corrected chi connectivity index (χ3v) is 3.60. The van der Waals surface area contributed by atoms with Crippen LogP contribution in [0.2, 0.25) is 0 Å². The fourth-order valence-corrected chi connectivity index (χ4v) is 2.68. The summed E-state index contributed by atoms with van der Waals surface area (Å²) in [6, 6.07) is 1.67. The van der Waals surface area contributed by atoms with E-state index in [1.165, 1.54) is 0 Å². The van der Waals surface area contributed by atoms with Crippen LogP contribution in [0.25, 0.3) is 5.83 Å². The third kappa shape index (κ3) is 1.57. The molecule has 16 heavy (non-hydrogen) atoms. The van der Waals surface area contributed by atoms with Crippen molar-refractivity contribution in [2.75, 3.05) is 19.6 Å². The number of fused-ring (bicyclic) bond motifs is 3. The van der Waals surface area contributed by atoms with Gasteiger partial charge in [0.05, 0.1) is 5.69 Å². The second kappa shape index (κ2) is 3.70. The van der Waals surface area contributed by atoms with Crippen LogP contribution >= 0.6 is 0 Å². The zero-order chi connectivity index (χ0) is 11.1. The molecule has 0 aliphatic carbocycles. The standard InChI is InChI=1S/C12H15FN2O/c1-8-6-11(16-14-8)12(13)10-7-15-4-2-9(10)3-5-15/h6,9H,2-5,7H2,1H3/b12-10+. The van der Waals surface area contributed by atoms with Crippen molar-refractivity contribution in [2.45, 2.75) is 19.8 Å². The molecule has 0 atom stereocenters. The Labute approximate surface area is 93.9 Å². The summed E-state index contributed by atoms with van der Waals surface area (Å²) in [5.41, 5.74) is 1.64. The predicted molar refractivity (Wildman–Crippen MR) is 58.4 cm³/mol. The van der Waals surface area contributed by atoms with Crippen molar-refractivity contribution in [2.24, 2.45) is 5.92 Å². The van der Waals surface area contributed by atoms with E-state index in [1.807, 2.05) is 6.92 Å². The lowest BCUT2D eigenvalue weighted by atomic mass is 9.83. The number of rotatable bonds is 1. The first-order valence-electron chi connectivity index (χ1n) is 5.78. The first-order valence-corrected chi connectivity index (χ1v) is 5.78. The Kier molecular flexibility index (Phi) is 2.32. The molecule has 3 aliphatic rings. The lowest BCUT2D eigenvalue weighted by Crippen LogP contribution is -2.43. The van der Waals surface area contributed by atoms with Crippen LogP contribution in [0.5, 0.6) is 0 Å². The molecular weight excluding hydrogens is 207 g/mol. The van der Waals surface area contributed by atoms with Crippen LogP contribution in [0.3, 0.4) is 0 Å². The summed E-state index contributed by atoms with van der Waals surface area (Å²) >= 11 is 0. The van der Waals surface area contributed by atoms with E-state index in [-0.39, 0.29) is 5.83 Å². The zero-order valence-electron chi connectivity index (χ0n) is 9.37. The molecule has 3 nitrogen and oxygen atoms in total. The van der Waals surface area contributed by atoms with Crippen LogP contribution in [0.15, 0.2) is 16.2 Å². The zero-order valence-corrected chi connectivity index (χ0v) is 9.37. The Balaban J connectivity index is 1.95. The Morgan fingerprint density at radius 1 is 1.50 bits per heavy atom. The van der Waals surface area contributed by atoms with Crippen molar-refractivity contribution in [3.8, 4) is 0 Å². The molecule has 1 aromatic heterocycles. The number of piperidine rings is 3. The van der Waals surface area contributed by atoms with Crippen LogP contribution in [-0.2, 0) is 0 Å². The fourth-order valence-electron chi connectivity index (χ4n) is 2.68. The van der Waals surface area contributed by atoms with Gasteiger partial charge in [0.2, 0.25) is 0 Å². The van der Waals surface area contributed by atoms with E-state index in [9.17, 15) is 4.39 Å². The number of aryl methyl sites for hydroxylation is 1. The van der Waals surface area contributed by atoms with Gasteiger partial charge in [0.15, 0.2) is 11.6 Å². The van der Waals surface area contributed by atoms with Crippen LogP contribution in [0.4, 0.5) is 4.39 Å². The highest BCUT2D eigenvalue weighted by Crippen LogP contribution is 2.37. The number of halogens is 1. The van der Waals surface area contributed by atoms with E-state index in [4.69, 9.17) is 4.52 Å². The molecule has 0 spiro atoms. The minimum absolute atomic E-state index is 0.185. The maximum absolute atomic E-state index is 14.2. The summed E-state index contributed by atoms with van der Waals surface area (Å²) in [5.74, 6) is 0.520. The highest BCUT2D eigenvalue weighted by Gasteiger charge is 2.32. The van der Waals surface area contributed by atoms with Gasteiger partial charge < -0.3 is 4.52 Å². The molecule has 3 saturated heterocycles. The minimum Gasteiger partial charge on any atom is -0.354 e. The number of hydrogen-bond acceptors (Lipinski definition) is 3. The lowest BCUT2D eigenvalue weighted by Gasteiger charge is -2.40. The number of nitrogens with zero attached hydrogens (tertiary/aromatic N) is 2. The molecule has 0 N–H and O–H groups in total. The molecule has 4 heterocycles. The lowest BCUT2D eigenvalue weighted by molar-refractivity contribution is 0.160. The van der Waals surface area contributed by atoms with Crippen LogP contribution in [0.1, 0.15) is 24.3 Å². The summed E-state index contributed by atoms with van der Waals surface area (Å²) in [4.78, 5) is 2.30. The molecule has 2 bridgehead atoms. The molecule has 0 unspecified atom stereocenters. The molecule has 1 aromatic rings. The predicted octanol–water partition coefficient (Wildman–Crippen LogP) is 2.39. The Bertz CT molecular complexity index is 430. The van der Waals surface area contributed by atoms with Crippen molar-refractivity contribution < 1.29 is 8.91 Å². The van der Waals surface area contributed by atoms with Gasteiger partial charge in [-0.1, -0.05) is 5.16 Å². The largest absolute Gasteiger partial charge is 0.354 e. The third-order valence-electron chi connectivity index (χ3n) is 3.60. The van der Waals surface area contributed by atoms with Crippen LogP contribution in [0, 0.1) is 12.8 Å². The maximum Gasteiger partial charge on any atom is 0.195 e. The monoisotopic (exact) mass is 222 g/mol. The molecular formula is C12H15FN2O. The molecule has 3 aliphatic heterocycles. The Morgan fingerprint density at radius 2 is 2.25 bits per heavy atom. The first kappa shape index (κ1) is 10.0. The molecule has 3 fully saturated rings. The minimum atomic E-state index is -0.185. The van der Waals surface area contributed by atoms with Crippen LogP contribution < -0.4 is 0 Å². The molecule has 4 rings (SSSR count). The van der Waals surface area contributed by atoms with Gasteiger partial charge in [-0.25, -0.2) is 4.39 Å². The first-order chi connectivity index (χ1) is 7.74. The highest BCUT2D eigenvalue weighted by molar-refractivity contribution is 5.59. The number of hydrogen-bond donors (Lipinski definition) is 0. The number of aromatic nitrogens is 1. The van der Waals surface area contributed by atoms with Gasteiger partial charge in [0, 0.05) is 12.6 Å². The van der Waals surface area contributed by atoms with Gasteiger partial charge in [0.25, 0.3) is 0 Å². The van der Waals surface area contributed by atoms with Gasteiger partial charge in [-0.2, -0.15) is 0 Å². The van der Waals surface area contributed by atoms with Crippen molar-refractivity contribution in [3.63, 3.8) is 0 Å². The molecule has 86 valence electrons. The molecule has 0 amide bonds.